The molecule has 2 aromatic rings. The first-order chi connectivity index (χ1) is 8.09. The summed E-state index contributed by atoms with van der Waals surface area (Å²) in [7, 11) is 0. The molecule has 1 heterocycles. The van der Waals surface area contributed by atoms with Crippen molar-refractivity contribution in [1.82, 2.24) is 9.55 Å². The summed E-state index contributed by atoms with van der Waals surface area (Å²) < 4.78 is 1.22. The van der Waals surface area contributed by atoms with Crippen molar-refractivity contribution in [2.75, 3.05) is 0 Å². The lowest BCUT2D eigenvalue weighted by atomic mass is 10.2. The van der Waals surface area contributed by atoms with Crippen molar-refractivity contribution >= 4 is 0 Å². The number of aromatic nitrogens is 2. The molecule has 0 atom stereocenters. The third-order valence-corrected chi connectivity index (χ3v) is 2.85. The van der Waals surface area contributed by atoms with Gasteiger partial charge in [0.05, 0.1) is 6.54 Å². The molecule has 0 bridgehead atoms. The Hall–Kier alpha value is -2.10. The van der Waals surface area contributed by atoms with Gasteiger partial charge in [-0.2, -0.15) is 0 Å². The van der Waals surface area contributed by atoms with Crippen LogP contribution in [0.15, 0.2) is 39.9 Å². The Morgan fingerprint density at radius 3 is 2.41 bits per heavy atom. The molecule has 0 fully saturated rings. The van der Waals surface area contributed by atoms with Gasteiger partial charge in [-0.15, -0.1) is 0 Å². The van der Waals surface area contributed by atoms with E-state index in [4.69, 9.17) is 0 Å². The minimum absolute atomic E-state index is 0.227. The Bertz CT molecular complexity index is 639. The molecule has 0 saturated heterocycles. The molecule has 0 spiro atoms. The molecule has 88 valence electrons. The van der Waals surface area contributed by atoms with Gasteiger partial charge in [0.25, 0.3) is 5.56 Å². The summed E-state index contributed by atoms with van der Waals surface area (Å²) in [6.45, 7) is 3.75. The lowest BCUT2D eigenvalue weighted by Crippen LogP contribution is -2.37. The van der Waals surface area contributed by atoms with Crippen molar-refractivity contribution in [3.8, 4) is 0 Å². The fraction of sp³-hybridized carbons (Fsp3) is 0.231. The molecule has 4 heteroatoms. The van der Waals surface area contributed by atoms with E-state index in [1.165, 1.54) is 4.57 Å². The number of hydrogen-bond acceptors (Lipinski definition) is 2. The van der Waals surface area contributed by atoms with Gasteiger partial charge >= 0.3 is 5.69 Å². The number of H-pyrrole nitrogens is 1. The zero-order valence-corrected chi connectivity index (χ0v) is 9.86. The first-order valence-electron chi connectivity index (χ1n) is 5.44. The van der Waals surface area contributed by atoms with Crippen LogP contribution >= 0.6 is 0 Å². The van der Waals surface area contributed by atoms with E-state index in [1.54, 1.807) is 13.8 Å². The zero-order valence-electron chi connectivity index (χ0n) is 9.86. The minimum Gasteiger partial charge on any atom is -0.311 e. The molecule has 1 aromatic heterocycles. The maximum atomic E-state index is 12.0. The van der Waals surface area contributed by atoms with E-state index in [-0.39, 0.29) is 11.2 Å². The number of aromatic amines is 1. The summed E-state index contributed by atoms with van der Waals surface area (Å²) >= 11 is 0. The molecule has 0 aliphatic carbocycles. The van der Waals surface area contributed by atoms with E-state index in [1.807, 2.05) is 30.3 Å². The van der Waals surface area contributed by atoms with Gasteiger partial charge in [-0.1, -0.05) is 30.3 Å². The molecule has 17 heavy (non-hydrogen) atoms. The summed E-state index contributed by atoms with van der Waals surface area (Å²) in [4.78, 5) is 26.4. The number of benzene rings is 1. The van der Waals surface area contributed by atoms with Gasteiger partial charge < -0.3 is 4.98 Å². The van der Waals surface area contributed by atoms with Crippen molar-refractivity contribution in [1.29, 1.82) is 0 Å². The maximum absolute atomic E-state index is 12.0. The SMILES string of the molecule is Cc1[nH]c(=O)n(Cc2ccccc2)c(=O)c1C. The van der Waals surface area contributed by atoms with E-state index in [9.17, 15) is 9.59 Å². The number of nitrogens with one attached hydrogen (secondary N) is 1. The van der Waals surface area contributed by atoms with Crippen LogP contribution in [0.5, 0.6) is 0 Å². The highest BCUT2D eigenvalue weighted by molar-refractivity contribution is 5.17. The highest BCUT2D eigenvalue weighted by Gasteiger charge is 2.07. The minimum atomic E-state index is -0.359. The summed E-state index contributed by atoms with van der Waals surface area (Å²) in [6, 6.07) is 9.45. The molecular formula is C13H14N2O2. The maximum Gasteiger partial charge on any atom is 0.328 e. The third-order valence-electron chi connectivity index (χ3n) is 2.85. The van der Waals surface area contributed by atoms with Crippen molar-refractivity contribution in [3.05, 3.63) is 68.0 Å². The van der Waals surface area contributed by atoms with Gasteiger partial charge in [0.15, 0.2) is 0 Å². The van der Waals surface area contributed by atoms with Crippen LogP contribution < -0.4 is 11.2 Å². The molecule has 1 aromatic carbocycles. The van der Waals surface area contributed by atoms with E-state index in [2.05, 4.69) is 4.98 Å². The zero-order chi connectivity index (χ0) is 12.4. The molecule has 0 amide bonds. The van der Waals surface area contributed by atoms with Gasteiger partial charge in [0, 0.05) is 11.3 Å². The van der Waals surface area contributed by atoms with Crippen LogP contribution in [0.2, 0.25) is 0 Å². The normalized spacial score (nSPS) is 10.5. The van der Waals surface area contributed by atoms with Crippen LogP contribution in [0.3, 0.4) is 0 Å². The summed E-state index contributed by atoms with van der Waals surface area (Å²) in [6.07, 6.45) is 0. The van der Waals surface area contributed by atoms with Crippen molar-refractivity contribution in [2.45, 2.75) is 20.4 Å². The van der Waals surface area contributed by atoms with E-state index < -0.39 is 0 Å². The lowest BCUT2D eigenvalue weighted by Gasteiger charge is -2.07. The number of nitrogens with zero attached hydrogens (tertiary/aromatic N) is 1. The molecule has 0 saturated carbocycles. The Morgan fingerprint density at radius 1 is 1.12 bits per heavy atom. The third kappa shape index (κ3) is 2.20. The Balaban J connectivity index is 2.51. The lowest BCUT2D eigenvalue weighted by molar-refractivity contribution is 0.684. The quantitative estimate of drug-likeness (QED) is 0.842. The Labute approximate surface area is 98.6 Å². The Kier molecular flexibility index (Phi) is 2.95. The molecule has 4 nitrogen and oxygen atoms in total. The predicted octanol–water partition coefficient (Wildman–Crippen LogP) is 1.20. The molecular weight excluding hydrogens is 216 g/mol. The van der Waals surface area contributed by atoms with Crippen LogP contribution in [0.4, 0.5) is 0 Å². The van der Waals surface area contributed by atoms with Gasteiger partial charge in [0.2, 0.25) is 0 Å². The first-order valence-corrected chi connectivity index (χ1v) is 5.44. The molecule has 1 N–H and O–H groups in total. The van der Waals surface area contributed by atoms with Crippen LogP contribution in [-0.4, -0.2) is 9.55 Å². The topological polar surface area (TPSA) is 54.9 Å². The van der Waals surface area contributed by atoms with Crippen LogP contribution in [-0.2, 0) is 6.54 Å². The number of aryl methyl sites for hydroxylation is 1. The van der Waals surface area contributed by atoms with Crippen molar-refractivity contribution in [3.63, 3.8) is 0 Å². The van der Waals surface area contributed by atoms with Gasteiger partial charge in [0.1, 0.15) is 0 Å². The van der Waals surface area contributed by atoms with Gasteiger partial charge in [-0.05, 0) is 19.4 Å². The van der Waals surface area contributed by atoms with Crippen LogP contribution in [0.1, 0.15) is 16.8 Å². The fourth-order valence-electron chi connectivity index (χ4n) is 1.69. The van der Waals surface area contributed by atoms with E-state index in [0.29, 0.717) is 17.8 Å². The smallest absolute Gasteiger partial charge is 0.311 e. The van der Waals surface area contributed by atoms with Gasteiger partial charge in [-0.25, -0.2) is 4.79 Å². The average molecular weight is 230 g/mol. The summed E-state index contributed by atoms with van der Waals surface area (Å²) in [5, 5.41) is 0. The predicted molar refractivity (Wildman–Crippen MR) is 66.3 cm³/mol. The largest absolute Gasteiger partial charge is 0.328 e. The fourth-order valence-corrected chi connectivity index (χ4v) is 1.69. The second-order valence-corrected chi connectivity index (χ2v) is 4.06. The second kappa shape index (κ2) is 4.41. The molecule has 0 unspecified atom stereocenters. The highest BCUT2D eigenvalue weighted by atomic mass is 16.2. The average Bonchev–Trinajstić information content (AvgIpc) is 2.33. The van der Waals surface area contributed by atoms with E-state index in [0.717, 1.165) is 5.56 Å². The number of rotatable bonds is 2. The van der Waals surface area contributed by atoms with Crippen molar-refractivity contribution < 1.29 is 0 Å². The van der Waals surface area contributed by atoms with Crippen molar-refractivity contribution in [2.24, 2.45) is 0 Å². The molecule has 0 aliphatic rings. The number of hydrogen-bond donors (Lipinski definition) is 1. The Morgan fingerprint density at radius 2 is 1.76 bits per heavy atom. The molecule has 2 rings (SSSR count). The molecule has 0 radical (unpaired) electrons. The summed E-state index contributed by atoms with van der Waals surface area (Å²) in [5.74, 6) is 0. The summed E-state index contributed by atoms with van der Waals surface area (Å²) in [5.41, 5.74) is 1.56. The standard InChI is InChI=1S/C13H14N2O2/c1-9-10(2)14-13(17)15(12(9)16)8-11-6-4-3-5-7-11/h3-7H,8H2,1-2H3,(H,14,17). The second-order valence-electron chi connectivity index (χ2n) is 4.06. The first kappa shape index (κ1) is 11.4. The van der Waals surface area contributed by atoms with Crippen LogP contribution in [0, 0.1) is 13.8 Å². The van der Waals surface area contributed by atoms with Crippen LogP contribution in [0.25, 0.3) is 0 Å². The monoisotopic (exact) mass is 230 g/mol. The molecule has 0 aliphatic heterocycles. The van der Waals surface area contributed by atoms with E-state index >= 15 is 0 Å². The van der Waals surface area contributed by atoms with Gasteiger partial charge in [-0.3, -0.25) is 9.36 Å². The highest BCUT2D eigenvalue weighted by Crippen LogP contribution is 1.99.